The molecule has 2 aliphatic rings. The normalized spacial score (nSPS) is 22.0. The molecule has 124 valence electrons. The minimum absolute atomic E-state index is 0.594. The molecule has 0 unspecified atom stereocenters. The highest BCUT2D eigenvalue weighted by Crippen LogP contribution is 2.18. The molecule has 1 aliphatic carbocycles. The van der Waals surface area contributed by atoms with Crippen molar-refractivity contribution >= 4 is 10.2 Å². The summed E-state index contributed by atoms with van der Waals surface area (Å²) in [6, 6.07) is 0.693. The highest BCUT2D eigenvalue weighted by molar-refractivity contribution is 7.86. The number of hydrogen-bond donors (Lipinski definition) is 1. The first-order valence-corrected chi connectivity index (χ1v) is 9.61. The first-order valence-electron chi connectivity index (χ1n) is 8.21. The summed E-state index contributed by atoms with van der Waals surface area (Å²) in [6.07, 6.45) is 4.55. The SMILES string of the molecule is CCCN1CCN(S(=O)(=O)N(C)CCCNC2CC2)CC1. The van der Waals surface area contributed by atoms with Crippen LogP contribution in [0.15, 0.2) is 0 Å². The molecule has 2 rings (SSSR count). The van der Waals surface area contributed by atoms with Gasteiger partial charge in [0.25, 0.3) is 10.2 Å². The Labute approximate surface area is 129 Å². The quantitative estimate of drug-likeness (QED) is 0.623. The predicted octanol–water partition coefficient (Wildman–Crippen LogP) is 0.333. The summed E-state index contributed by atoms with van der Waals surface area (Å²) in [5, 5.41) is 3.42. The lowest BCUT2D eigenvalue weighted by molar-refractivity contribution is 0.183. The molecule has 21 heavy (non-hydrogen) atoms. The van der Waals surface area contributed by atoms with Crippen LogP contribution in [0.1, 0.15) is 32.6 Å². The summed E-state index contributed by atoms with van der Waals surface area (Å²) in [4.78, 5) is 2.34. The standard InChI is InChI=1S/C14H30N4O2S/c1-3-8-17-10-12-18(13-11-17)21(19,20)16(2)9-4-7-15-14-5-6-14/h14-15H,3-13H2,1-2H3. The van der Waals surface area contributed by atoms with Gasteiger partial charge < -0.3 is 10.2 Å². The summed E-state index contributed by atoms with van der Waals surface area (Å²) in [5.41, 5.74) is 0. The van der Waals surface area contributed by atoms with E-state index in [1.807, 2.05) is 0 Å². The fourth-order valence-electron chi connectivity index (χ4n) is 2.71. The number of piperazine rings is 1. The average Bonchev–Trinajstić information content (AvgIpc) is 3.28. The Morgan fingerprint density at radius 2 is 1.86 bits per heavy atom. The van der Waals surface area contributed by atoms with E-state index < -0.39 is 10.2 Å². The monoisotopic (exact) mass is 318 g/mol. The van der Waals surface area contributed by atoms with Crippen LogP contribution in [-0.4, -0.2) is 80.8 Å². The predicted molar refractivity (Wildman–Crippen MR) is 85.5 cm³/mol. The summed E-state index contributed by atoms with van der Waals surface area (Å²) in [5.74, 6) is 0. The van der Waals surface area contributed by atoms with Crippen molar-refractivity contribution in [2.45, 2.75) is 38.6 Å². The van der Waals surface area contributed by atoms with Crippen LogP contribution in [0.25, 0.3) is 0 Å². The molecule has 0 amide bonds. The molecule has 0 aromatic heterocycles. The first kappa shape index (κ1) is 17.1. The Balaban J connectivity index is 1.71. The van der Waals surface area contributed by atoms with Gasteiger partial charge in [-0.15, -0.1) is 0 Å². The van der Waals surface area contributed by atoms with Gasteiger partial charge in [0.1, 0.15) is 0 Å². The molecule has 0 aromatic carbocycles. The van der Waals surface area contributed by atoms with Gasteiger partial charge in [-0.3, -0.25) is 0 Å². The van der Waals surface area contributed by atoms with Crippen molar-refractivity contribution in [2.75, 3.05) is 52.9 Å². The molecule has 0 aromatic rings. The second-order valence-electron chi connectivity index (χ2n) is 6.15. The summed E-state index contributed by atoms with van der Waals surface area (Å²) in [6.45, 7) is 7.67. The third kappa shape index (κ3) is 5.17. The van der Waals surface area contributed by atoms with E-state index in [1.165, 1.54) is 17.1 Å². The van der Waals surface area contributed by atoms with E-state index in [0.717, 1.165) is 39.0 Å². The number of hydrogen-bond acceptors (Lipinski definition) is 4. The lowest BCUT2D eigenvalue weighted by atomic mass is 10.3. The van der Waals surface area contributed by atoms with E-state index in [2.05, 4.69) is 17.1 Å². The van der Waals surface area contributed by atoms with Crippen molar-refractivity contribution in [3.63, 3.8) is 0 Å². The van der Waals surface area contributed by atoms with Crippen LogP contribution in [0.2, 0.25) is 0 Å². The molecule has 6 nitrogen and oxygen atoms in total. The zero-order valence-electron chi connectivity index (χ0n) is 13.4. The number of nitrogens with one attached hydrogen (secondary N) is 1. The van der Waals surface area contributed by atoms with Gasteiger partial charge >= 0.3 is 0 Å². The summed E-state index contributed by atoms with van der Waals surface area (Å²) >= 11 is 0. The van der Waals surface area contributed by atoms with E-state index >= 15 is 0 Å². The highest BCUT2D eigenvalue weighted by Gasteiger charge is 2.29. The molecule has 1 heterocycles. The minimum atomic E-state index is -3.27. The third-order valence-corrected chi connectivity index (χ3v) is 6.24. The van der Waals surface area contributed by atoms with Gasteiger partial charge in [-0.25, -0.2) is 0 Å². The van der Waals surface area contributed by atoms with Crippen molar-refractivity contribution in [3.8, 4) is 0 Å². The Morgan fingerprint density at radius 1 is 1.19 bits per heavy atom. The molecule has 1 saturated heterocycles. The van der Waals surface area contributed by atoms with Gasteiger partial charge in [-0.2, -0.15) is 17.0 Å². The molecule has 7 heteroatoms. The third-order valence-electron chi connectivity index (χ3n) is 4.25. The smallest absolute Gasteiger partial charge is 0.281 e. The van der Waals surface area contributed by atoms with E-state index in [1.54, 1.807) is 11.4 Å². The molecule has 2 fully saturated rings. The lowest BCUT2D eigenvalue weighted by Crippen LogP contribution is -2.52. The maximum atomic E-state index is 12.5. The van der Waals surface area contributed by atoms with Crippen molar-refractivity contribution in [3.05, 3.63) is 0 Å². The molecule has 1 saturated carbocycles. The van der Waals surface area contributed by atoms with E-state index in [9.17, 15) is 8.42 Å². The van der Waals surface area contributed by atoms with Crippen molar-refractivity contribution in [1.29, 1.82) is 0 Å². The van der Waals surface area contributed by atoms with Gasteiger partial charge in [0.15, 0.2) is 0 Å². The topological polar surface area (TPSA) is 55.9 Å². The van der Waals surface area contributed by atoms with E-state index in [-0.39, 0.29) is 0 Å². The lowest BCUT2D eigenvalue weighted by Gasteiger charge is -2.35. The highest BCUT2D eigenvalue weighted by atomic mass is 32.2. The van der Waals surface area contributed by atoms with Crippen LogP contribution < -0.4 is 5.32 Å². The van der Waals surface area contributed by atoms with Crippen LogP contribution >= 0.6 is 0 Å². The average molecular weight is 318 g/mol. The van der Waals surface area contributed by atoms with Gasteiger partial charge in [0, 0.05) is 45.8 Å². The van der Waals surface area contributed by atoms with Gasteiger partial charge in [-0.05, 0) is 38.8 Å². The van der Waals surface area contributed by atoms with E-state index in [4.69, 9.17) is 0 Å². The van der Waals surface area contributed by atoms with Gasteiger partial charge in [-0.1, -0.05) is 6.92 Å². The Kier molecular flexibility index (Phi) is 6.43. The molecule has 0 bridgehead atoms. The summed E-state index contributed by atoms with van der Waals surface area (Å²) < 4.78 is 28.2. The molecular formula is C14H30N4O2S. The van der Waals surface area contributed by atoms with Crippen molar-refractivity contribution < 1.29 is 8.42 Å². The van der Waals surface area contributed by atoms with Crippen LogP contribution in [-0.2, 0) is 10.2 Å². The van der Waals surface area contributed by atoms with Crippen molar-refractivity contribution in [1.82, 2.24) is 18.8 Å². The van der Waals surface area contributed by atoms with Crippen LogP contribution in [0.5, 0.6) is 0 Å². The van der Waals surface area contributed by atoms with Gasteiger partial charge in [0.2, 0.25) is 0 Å². The summed E-state index contributed by atoms with van der Waals surface area (Å²) in [7, 11) is -1.57. The van der Waals surface area contributed by atoms with Crippen LogP contribution in [0.3, 0.4) is 0 Å². The number of rotatable bonds is 9. The zero-order chi connectivity index (χ0) is 15.3. The first-order chi connectivity index (χ1) is 10.0. The van der Waals surface area contributed by atoms with Gasteiger partial charge in [0.05, 0.1) is 0 Å². The molecule has 0 spiro atoms. The fraction of sp³-hybridized carbons (Fsp3) is 1.00. The Morgan fingerprint density at radius 3 is 2.43 bits per heavy atom. The van der Waals surface area contributed by atoms with Crippen molar-refractivity contribution in [2.24, 2.45) is 0 Å². The maximum Gasteiger partial charge on any atom is 0.281 e. The molecule has 0 atom stereocenters. The second kappa shape index (κ2) is 7.87. The molecule has 0 radical (unpaired) electrons. The Bertz CT molecular complexity index is 403. The molecular weight excluding hydrogens is 288 g/mol. The largest absolute Gasteiger partial charge is 0.314 e. The Hall–Kier alpha value is -0.210. The molecule has 1 aliphatic heterocycles. The van der Waals surface area contributed by atoms with Crippen LogP contribution in [0.4, 0.5) is 0 Å². The maximum absolute atomic E-state index is 12.5. The fourth-order valence-corrected chi connectivity index (χ4v) is 4.09. The minimum Gasteiger partial charge on any atom is -0.314 e. The van der Waals surface area contributed by atoms with E-state index in [0.29, 0.717) is 25.7 Å². The second-order valence-corrected chi connectivity index (χ2v) is 8.19. The number of nitrogens with zero attached hydrogens (tertiary/aromatic N) is 3. The zero-order valence-corrected chi connectivity index (χ0v) is 14.2. The molecule has 1 N–H and O–H groups in total. The van der Waals surface area contributed by atoms with Crippen LogP contribution in [0, 0.1) is 0 Å².